The van der Waals surface area contributed by atoms with E-state index < -0.39 is 0 Å². The second kappa shape index (κ2) is 5.46. The topological polar surface area (TPSA) is 48.7 Å². The number of anilines is 1. The summed E-state index contributed by atoms with van der Waals surface area (Å²) in [4.78, 5) is 3.96. The summed E-state index contributed by atoms with van der Waals surface area (Å²) in [6.07, 6.45) is 3.51. The van der Waals surface area contributed by atoms with Crippen molar-refractivity contribution in [3.63, 3.8) is 0 Å². The third kappa shape index (κ3) is 3.05. The van der Waals surface area contributed by atoms with Crippen LogP contribution >= 0.6 is 15.9 Å². The lowest BCUT2D eigenvalue weighted by molar-refractivity contribution is 1.12. The lowest BCUT2D eigenvalue weighted by atomic mass is 10.2. The van der Waals surface area contributed by atoms with E-state index in [0.29, 0.717) is 12.1 Å². The van der Waals surface area contributed by atoms with Crippen LogP contribution in [0.25, 0.3) is 0 Å². The number of halogens is 1. The lowest BCUT2D eigenvalue weighted by Crippen LogP contribution is -2.01. The maximum atomic E-state index is 9.02. The van der Waals surface area contributed by atoms with E-state index in [1.807, 2.05) is 24.3 Å². The molecule has 0 aliphatic carbocycles. The van der Waals surface area contributed by atoms with Gasteiger partial charge in [-0.3, -0.25) is 4.98 Å². The zero-order chi connectivity index (χ0) is 12.1. The van der Waals surface area contributed by atoms with Crippen LogP contribution in [0, 0.1) is 11.3 Å². The highest BCUT2D eigenvalue weighted by atomic mass is 79.9. The molecule has 3 nitrogen and oxygen atoms in total. The van der Waals surface area contributed by atoms with Crippen LogP contribution in [0.5, 0.6) is 0 Å². The van der Waals surface area contributed by atoms with Crippen molar-refractivity contribution in [2.24, 2.45) is 0 Å². The minimum atomic E-state index is 0.633. The Labute approximate surface area is 108 Å². The van der Waals surface area contributed by atoms with Crippen molar-refractivity contribution in [2.45, 2.75) is 6.54 Å². The van der Waals surface area contributed by atoms with Gasteiger partial charge in [0.15, 0.2) is 0 Å². The molecule has 0 radical (unpaired) electrons. The molecule has 1 heterocycles. The predicted octanol–water partition coefficient (Wildman–Crippen LogP) is 3.33. The summed E-state index contributed by atoms with van der Waals surface area (Å²) in [6.45, 7) is 0.679. The monoisotopic (exact) mass is 287 g/mol. The van der Waals surface area contributed by atoms with Gasteiger partial charge < -0.3 is 5.32 Å². The molecule has 0 saturated heterocycles. The maximum absolute atomic E-state index is 9.02. The van der Waals surface area contributed by atoms with Gasteiger partial charge in [-0.1, -0.05) is 15.9 Å². The summed E-state index contributed by atoms with van der Waals surface area (Å²) in [5, 5.41) is 12.3. The molecule has 2 aromatic rings. The van der Waals surface area contributed by atoms with Gasteiger partial charge in [0.05, 0.1) is 11.3 Å². The van der Waals surface area contributed by atoms with Crippen LogP contribution in [0.1, 0.15) is 11.1 Å². The van der Waals surface area contributed by atoms with E-state index in [9.17, 15) is 0 Å². The predicted molar refractivity (Wildman–Crippen MR) is 70.4 cm³/mol. The van der Waals surface area contributed by atoms with Crippen LogP contribution in [0.3, 0.4) is 0 Å². The summed E-state index contributed by atoms with van der Waals surface area (Å²) in [5.41, 5.74) is 2.60. The second-order valence-corrected chi connectivity index (χ2v) is 4.43. The molecule has 1 N–H and O–H groups in total. The molecule has 0 unspecified atom stereocenters. The van der Waals surface area contributed by atoms with Gasteiger partial charge >= 0.3 is 0 Å². The number of nitriles is 1. The van der Waals surface area contributed by atoms with E-state index in [1.54, 1.807) is 18.5 Å². The molecule has 0 spiro atoms. The Balaban J connectivity index is 2.12. The van der Waals surface area contributed by atoms with Gasteiger partial charge in [-0.05, 0) is 35.9 Å². The Hall–Kier alpha value is -1.86. The first-order valence-corrected chi connectivity index (χ1v) is 5.91. The van der Waals surface area contributed by atoms with E-state index in [1.165, 1.54) is 0 Å². The van der Waals surface area contributed by atoms with E-state index >= 15 is 0 Å². The largest absolute Gasteiger partial charge is 0.380 e. The van der Waals surface area contributed by atoms with Crippen molar-refractivity contribution in [3.8, 4) is 6.07 Å². The first-order valence-electron chi connectivity index (χ1n) is 5.12. The molecule has 4 heteroatoms. The minimum absolute atomic E-state index is 0.633. The van der Waals surface area contributed by atoms with Gasteiger partial charge in [-0.25, -0.2) is 0 Å². The van der Waals surface area contributed by atoms with E-state index in [2.05, 4.69) is 32.3 Å². The van der Waals surface area contributed by atoms with E-state index in [0.717, 1.165) is 15.7 Å². The van der Waals surface area contributed by atoms with Crippen molar-refractivity contribution in [2.75, 3.05) is 5.32 Å². The highest BCUT2D eigenvalue weighted by Crippen LogP contribution is 2.20. The molecule has 0 aliphatic rings. The Bertz CT molecular complexity index is 546. The smallest absolute Gasteiger partial charge is 0.101 e. The Morgan fingerprint density at radius 1 is 1.24 bits per heavy atom. The van der Waals surface area contributed by atoms with Crippen LogP contribution in [0.15, 0.2) is 47.2 Å². The van der Waals surface area contributed by atoms with Gasteiger partial charge in [0, 0.05) is 23.4 Å². The van der Waals surface area contributed by atoms with Crippen molar-refractivity contribution >= 4 is 21.6 Å². The average molecular weight is 288 g/mol. The normalized spacial score (nSPS) is 9.65. The average Bonchev–Trinajstić information content (AvgIpc) is 2.38. The maximum Gasteiger partial charge on any atom is 0.101 e. The number of rotatable bonds is 3. The molecule has 84 valence electrons. The van der Waals surface area contributed by atoms with E-state index in [-0.39, 0.29) is 0 Å². The molecule has 1 aromatic heterocycles. The molecule has 17 heavy (non-hydrogen) atoms. The molecule has 0 atom stereocenters. The second-order valence-electron chi connectivity index (χ2n) is 3.51. The zero-order valence-electron chi connectivity index (χ0n) is 9.02. The highest BCUT2D eigenvalue weighted by Gasteiger charge is 2.02. The standard InChI is InChI=1S/C13H10BrN3/c14-12-1-2-13(11(7-12)8-15)17-9-10-3-5-16-6-4-10/h1-7,17H,9H2. The summed E-state index contributed by atoms with van der Waals surface area (Å²) < 4.78 is 0.906. The van der Waals surface area contributed by atoms with Gasteiger partial charge in [0.2, 0.25) is 0 Å². The van der Waals surface area contributed by atoms with Gasteiger partial charge in [-0.15, -0.1) is 0 Å². The number of nitrogens with one attached hydrogen (secondary N) is 1. The van der Waals surface area contributed by atoms with Gasteiger partial charge in [0.25, 0.3) is 0 Å². The van der Waals surface area contributed by atoms with Crippen LogP contribution < -0.4 is 5.32 Å². The number of pyridine rings is 1. The quantitative estimate of drug-likeness (QED) is 0.942. The fraction of sp³-hybridized carbons (Fsp3) is 0.0769. The molecule has 2 rings (SSSR count). The number of hydrogen-bond acceptors (Lipinski definition) is 3. The third-order valence-corrected chi connectivity index (χ3v) is 2.83. The van der Waals surface area contributed by atoms with Crippen molar-refractivity contribution in [3.05, 3.63) is 58.3 Å². The summed E-state index contributed by atoms with van der Waals surface area (Å²) in [6, 6.07) is 11.7. The molecule has 0 amide bonds. The fourth-order valence-electron chi connectivity index (χ4n) is 1.46. The fourth-order valence-corrected chi connectivity index (χ4v) is 1.82. The van der Waals surface area contributed by atoms with Gasteiger partial charge in [-0.2, -0.15) is 5.26 Å². The summed E-state index contributed by atoms with van der Waals surface area (Å²) >= 11 is 3.35. The number of benzene rings is 1. The summed E-state index contributed by atoms with van der Waals surface area (Å²) in [5.74, 6) is 0. The van der Waals surface area contributed by atoms with Crippen molar-refractivity contribution in [1.82, 2.24) is 4.98 Å². The van der Waals surface area contributed by atoms with Crippen LogP contribution in [0.2, 0.25) is 0 Å². The van der Waals surface area contributed by atoms with Crippen LogP contribution in [0.4, 0.5) is 5.69 Å². The van der Waals surface area contributed by atoms with Crippen LogP contribution in [-0.2, 0) is 6.54 Å². The summed E-state index contributed by atoms with van der Waals surface area (Å²) in [7, 11) is 0. The molecule has 0 fully saturated rings. The molecule has 0 aliphatic heterocycles. The first-order chi connectivity index (χ1) is 8.29. The Morgan fingerprint density at radius 2 is 2.00 bits per heavy atom. The lowest BCUT2D eigenvalue weighted by Gasteiger charge is -2.08. The molecule has 0 saturated carbocycles. The minimum Gasteiger partial charge on any atom is -0.380 e. The van der Waals surface area contributed by atoms with Crippen molar-refractivity contribution < 1.29 is 0 Å². The highest BCUT2D eigenvalue weighted by molar-refractivity contribution is 9.10. The van der Waals surface area contributed by atoms with E-state index in [4.69, 9.17) is 5.26 Å². The van der Waals surface area contributed by atoms with Crippen LogP contribution in [-0.4, -0.2) is 4.98 Å². The number of aromatic nitrogens is 1. The Morgan fingerprint density at radius 3 is 2.71 bits per heavy atom. The number of hydrogen-bond donors (Lipinski definition) is 1. The Kier molecular flexibility index (Phi) is 3.73. The van der Waals surface area contributed by atoms with Crippen molar-refractivity contribution in [1.29, 1.82) is 5.26 Å². The number of nitrogens with zero attached hydrogens (tertiary/aromatic N) is 2. The molecular weight excluding hydrogens is 278 g/mol. The molecule has 1 aromatic carbocycles. The molecule has 0 bridgehead atoms. The SMILES string of the molecule is N#Cc1cc(Br)ccc1NCc1ccncc1. The molecular formula is C13H10BrN3. The third-order valence-electron chi connectivity index (χ3n) is 2.33. The van der Waals surface area contributed by atoms with Gasteiger partial charge in [0.1, 0.15) is 6.07 Å². The zero-order valence-corrected chi connectivity index (χ0v) is 10.6. The first kappa shape index (κ1) is 11.6.